The second kappa shape index (κ2) is 4.91. The van der Waals surface area contributed by atoms with Crippen molar-refractivity contribution in [2.45, 2.75) is 26.7 Å². The molecule has 0 saturated carbocycles. The summed E-state index contributed by atoms with van der Waals surface area (Å²) in [7, 11) is 0. The van der Waals surface area contributed by atoms with E-state index in [1.165, 1.54) is 0 Å². The Labute approximate surface area is 101 Å². The second-order valence-corrected chi connectivity index (χ2v) is 3.95. The van der Waals surface area contributed by atoms with E-state index in [2.05, 4.69) is 21.9 Å². The minimum absolute atomic E-state index is 0.572. The average Bonchev–Trinajstić information content (AvgIpc) is 2.35. The first-order chi connectivity index (χ1) is 8.20. The first-order valence-electron chi connectivity index (χ1n) is 5.72. The zero-order valence-electron chi connectivity index (χ0n) is 10.1. The molecule has 0 aliphatic rings. The summed E-state index contributed by atoms with van der Waals surface area (Å²) in [5, 5.41) is 0. The Morgan fingerprint density at radius 3 is 2.71 bits per heavy atom. The molecule has 0 unspecified atom stereocenters. The molecular formula is C13H16N4. The van der Waals surface area contributed by atoms with Gasteiger partial charge in [0.25, 0.3) is 0 Å². The minimum atomic E-state index is 0.572. The summed E-state index contributed by atoms with van der Waals surface area (Å²) in [6.07, 6.45) is 3.26. The van der Waals surface area contributed by atoms with Crippen molar-refractivity contribution in [1.82, 2.24) is 15.0 Å². The Bertz CT molecular complexity index is 508. The quantitative estimate of drug-likeness (QED) is 0.871. The molecule has 0 saturated heterocycles. The van der Waals surface area contributed by atoms with Crippen LogP contribution in [0.4, 0.5) is 5.82 Å². The van der Waals surface area contributed by atoms with Crippen LogP contribution < -0.4 is 5.73 Å². The number of nitrogens with two attached hydrogens (primary N) is 1. The molecular weight excluding hydrogens is 212 g/mol. The zero-order valence-corrected chi connectivity index (χ0v) is 10.1. The number of hydrogen-bond donors (Lipinski definition) is 1. The van der Waals surface area contributed by atoms with Crippen LogP contribution in [-0.2, 0) is 12.8 Å². The van der Waals surface area contributed by atoms with Crippen LogP contribution in [0.25, 0.3) is 0 Å². The fraction of sp³-hybridized carbons (Fsp3) is 0.308. The van der Waals surface area contributed by atoms with Gasteiger partial charge in [-0.15, -0.1) is 0 Å². The maximum atomic E-state index is 5.88. The standard InChI is InChI=1S/C13H16N4/c1-3-11-9(2)13(14)17-12(16-11)8-10-6-4-5-7-15-10/h4-7H,3,8H2,1-2H3,(H2,14,16,17). The van der Waals surface area contributed by atoms with Gasteiger partial charge in [0.15, 0.2) is 0 Å². The lowest BCUT2D eigenvalue weighted by Crippen LogP contribution is -2.07. The van der Waals surface area contributed by atoms with Gasteiger partial charge in [0.1, 0.15) is 11.6 Å². The molecule has 0 radical (unpaired) electrons. The highest BCUT2D eigenvalue weighted by Gasteiger charge is 2.08. The molecule has 17 heavy (non-hydrogen) atoms. The van der Waals surface area contributed by atoms with Crippen LogP contribution in [0.2, 0.25) is 0 Å². The summed E-state index contributed by atoms with van der Waals surface area (Å²) < 4.78 is 0. The van der Waals surface area contributed by atoms with Gasteiger partial charge in [-0.1, -0.05) is 13.0 Å². The lowest BCUT2D eigenvalue weighted by molar-refractivity contribution is 0.880. The minimum Gasteiger partial charge on any atom is -0.383 e. The van der Waals surface area contributed by atoms with Gasteiger partial charge >= 0.3 is 0 Å². The molecule has 2 rings (SSSR count). The van der Waals surface area contributed by atoms with E-state index in [1.807, 2.05) is 25.1 Å². The molecule has 0 aliphatic heterocycles. The van der Waals surface area contributed by atoms with Gasteiger partial charge in [0, 0.05) is 23.1 Å². The number of nitrogens with zero attached hydrogens (tertiary/aromatic N) is 3. The van der Waals surface area contributed by atoms with Crippen LogP contribution in [0.15, 0.2) is 24.4 Å². The summed E-state index contributed by atoms with van der Waals surface area (Å²) in [4.78, 5) is 13.1. The maximum absolute atomic E-state index is 5.88. The van der Waals surface area contributed by atoms with Gasteiger partial charge < -0.3 is 5.73 Å². The van der Waals surface area contributed by atoms with Crippen LogP contribution >= 0.6 is 0 Å². The highest BCUT2D eigenvalue weighted by atomic mass is 15.0. The summed E-state index contributed by atoms with van der Waals surface area (Å²) in [5.74, 6) is 1.31. The highest BCUT2D eigenvalue weighted by molar-refractivity contribution is 5.41. The molecule has 0 aliphatic carbocycles. The molecule has 2 aromatic heterocycles. The van der Waals surface area contributed by atoms with Gasteiger partial charge in [0.2, 0.25) is 0 Å². The molecule has 0 aromatic carbocycles. The Morgan fingerprint density at radius 2 is 2.06 bits per heavy atom. The van der Waals surface area contributed by atoms with Crippen molar-refractivity contribution >= 4 is 5.82 Å². The SMILES string of the molecule is CCc1nc(Cc2ccccn2)nc(N)c1C. The van der Waals surface area contributed by atoms with Gasteiger partial charge in [-0.3, -0.25) is 4.98 Å². The van der Waals surface area contributed by atoms with Gasteiger partial charge in [-0.25, -0.2) is 9.97 Å². The smallest absolute Gasteiger partial charge is 0.136 e. The summed E-state index contributed by atoms with van der Waals surface area (Å²) in [5.41, 5.74) is 8.84. The largest absolute Gasteiger partial charge is 0.383 e. The third-order valence-corrected chi connectivity index (χ3v) is 2.73. The molecule has 2 aromatic rings. The van der Waals surface area contributed by atoms with Crippen LogP contribution in [0.1, 0.15) is 29.7 Å². The molecule has 4 heteroatoms. The van der Waals surface area contributed by atoms with E-state index in [9.17, 15) is 0 Å². The summed E-state index contributed by atoms with van der Waals surface area (Å²) >= 11 is 0. The lowest BCUT2D eigenvalue weighted by Gasteiger charge is -2.08. The van der Waals surface area contributed by atoms with Crippen molar-refractivity contribution in [2.24, 2.45) is 0 Å². The zero-order chi connectivity index (χ0) is 12.3. The number of pyridine rings is 1. The fourth-order valence-electron chi connectivity index (χ4n) is 1.72. The monoisotopic (exact) mass is 228 g/mol. The van der Waals surface area contributed by atoms with Gasteiger partial charge in [0.05, 0.1) is 6.42 Å². The molecule has 88 valence electrons. The van der Waals surface area contributed by atoms with Crippen LogP contribution in [0.5, 0.6) is 0 Å². The Kier molecular flexibility index (Phi) is 3.32. The van der Waals surface area contributed by atoms with Crippen molar-refractivity contribution < 1.29 is 0 Å². The van der Waals surface area contributed by atoms with E-state index in [0.29, 0.717) is 12.2 Å². The van der Waals surface area contributed by atoms with Crippen molar-refractivity contribution in [3.63, 3.8) is 0 Å². The van der Waals surface area contributed by atoms with E-state index in [1.54, 1.807) is 6.20 Å². The van der Waals surface area contributed by atoms with E-state index in [-0.39, 0.29) is 0 Å². The predicted octanol–water partition coefficient (Wildman–Crippen LogP) is 1.92. The molecule has 2 heterocycles. The number of aromatic nitrogens is 3. The Hall–Kier alpha value is -1.97. The second-order valence-electron chi connectivity index (χ2n) is 3.95. The third kappa shape index (κ3) is 2.58. The van der Waals surface area contributed by atoms with E-state index >= 15 is 0 Å². The van der Waals surface area contributed by atoms with E-state index in [0.717, 1.165) is 29.2 Å². The van der Waals surface area contributed by atoms with Crippen LogP contribution in [-0.4, -0.2) is 15.0 Å². The molecule has 0 atom stereocenters. The predicted molar refractivity (Wildman–Crippen MR) is 67.6 cm³/mol. The molecule has 0 amide bonds. The Morgan fingerprint density at radius 1 is 1.24 bits per heavy atom. The first kappa shape index (κ1) is 11.5. The van der Waals surface area contributed by atoms with Gasteiger partial charge in [-0.2, -0.15) is 0 Å². The fourth-order valence-corrected chi connectivity index (χ4v) is 1.72. The number of aryl methyl sites for hydroxylation is 1. The molecule has 4 nitrogen and oxygen atoms in total. The van der Waals surface area contributed by atoms with Crippen LogP contribution in [0.3, 0.4) is 0 Å². The topological polar surface area (TPSA) is 64.7 Å². The molecule has 2 N–H and O–H groups in total. The number of hydrogen-bond acceptors (Lipinski definition) is 4. The molecule has 0 spiro atoms. The number of anilines is 1. The summed E-state index contributed by atoms with van der Waals surface area (Å²) in [6.45, 7) is 4.03. The van der Waals surface area contributed by atoms with Crippen molar-refractivity contribution in [3.8, 4) is 0 Å². The Balaban J connectivity index is 2.31. The maximum Gasteiger partial charge on any atom is 0.136 e. The molecule has 0 fully saturated rings. The van der Waals surface area contributed by atoms with Crippen molar-refractivity contribution in [2.75, 3.05) is 5.73 Å². The molecule has 0 bridgehead atoms. The lowest BCUT2D eigenvalue weighted by atomic mass is 10.2. The van der Waals surface area contributed by atoms with E-state index in [4.69, 9.17) is 5.73 Å². The number of rotatable bonds is 3. The average molecular weight is 228 g/mol. The highest BCUT2D eigenvalue weighted by Crippen LogP contribution is 2.14. The third-order valence-electron chi connectivity index (χ3n) is 2.73. The number of nitrogen functional groups attached to an aromatic ring is 1. The first-order valence-corrected chi connectivity index (χ1v) is 5.72. The van der Waals surface area contributed by atoms with Crippen molar-refractivity contribution in [3.05, 3.63) is 47.2 Å². The summed E-state index contributed by atoms with van der Waals surface area (Å²) in [6, 6.07) is 5.82. The van der Waals surface area contributed by atoms with E-state index < -0.39 is 0 Å². The van der Waals surface area contributed by atoms with Crippen molar-refractivity contribution in [1.29, 1.82) is 0 Å². The van der Waals surface area contributed by atoms with Gasteiger partial charge in [-0.05, 0) is 25.5 Å². The van der Waals surface area contributed by atoms with Crippen LogP contribution in [0, 0.1) is 6.92 Å². The normalized spacial score (nSPS) is 10.5.